The Morgan fingerprint density at radius 1 is 0.897 bits per heavy atom. The van der Waals surface area contributed by atoms with Gasteiger partial charge in [0.25, 0.3) is 5.91 Å². The van der Waals surface area contributed by atoms with Gasteiger partial charge in [-0.1, -0.05) is 24.3 Å². The van der Waals surface area contributed by atoms with Crippen LogP contribution in [0.1, 0.15) is 10.4 Å². The number of benzene rings is 3. The molecule has 1 heterocycles. The number of hydrogen-bond donors (Lipinski definition) is 2. The standard InChI is InChI=1S/C23H18FN3O2/c1-29-18-12-10-16(11-13-18)26-22-20-5-3-2-4-19(20)21(14-25-22)23(28)27-17-8-6-15(24)7-9-17/h2-14H,1H3,(H,25,26)(H,27,28). The normalized spacial score (nSPS) is 10.6. The second kappa shape index (κ2) is 7.98. The largest absolute Gasteiger partial charge is 0.497 e. The third kappa shape index (κ3) is 4.01. The summed E-state index contributed by atoms with van der Waals surface area (Å²) in [7, 11) is 1.62. The number of nitrogens with zero attached hydrogens (tertiary/aromatic N) is 1. The molecule has 3 aromatic carbocycles. The highest BCUT2D eigenvalue weighted by Crippen LogP contribution is 2.28. The number of nitrogens with one attached hydrogen (secondary N) is 2. The van der Waals surface area contributed by atoms with Gasteiger partial charge in [-0.25, -0.2) is 9.37 Å². The van der Waals surface area contributed by atoms with E-state index >= 15 is 0 Å². The molecule has 2 N–H and O–H groups in total. The SMILES string of the molecule is COc1ccc(Nc2ncc(C(=O)Nc3ccc(F)cc3)c3ccccc23)cc1. The van der Waals surface area contributed by atoms with Crippen LogP contribution in [0.25, 0.3) is 10.8 Å². The Morgan fingerprint density at radius 2 is 1.55 bits per heavy atom. The first-order valence-electron chi connectivity index (χ1n) is 9.00. The van der Waals surface area contributed by atoms with Gasteiger partial charge < -0.3 is 15.4 Å². The number of pyridine rings is 1. The molecule has 0 fully saturated rings. The molecule has 0 atom stereocenters. The van der Waals surface area contributed by atoms with Gasteiger partial charge in [-0.3, -0.25) is 4.79 Å². The molecule has 29 heavy (non-hydrogen) atoms. The maximum atomic E-state index is 13.1. The molecule has 6 heteroatoms. The number of carbonyl (C=O) groups excluding carboxylic acids is 1. The van der Waals surface area contributed by atoms with Crippen LogP contribution in [0.4, 0.5) is 21.6 Å². The number of aromatic nitrogens is 1. The van der Waals surface area contributed by atoms with E-state index in [1.54, 1.807) is 7.11 Å². The van der Waals surface area contributed by atoms with Gasteiger partial charge in [0.1, 0.15) is 17.4 Å². The summed E-state index contributed by atoms with van der Waals surface area (Å²) in [6.07, 6.45) is 1.53. The highest BCUT2D eigenvalue weighted by molar-refractivity contribution is 6.14. The molecular weight excluding hydrogens is 369 g/mol. The Hall–Kier alpha value is -3.93. The lowest BCUT2D eigenvalue weighted by atomic mass is 10.1. The Balaban J connectivity index is 1.65. The minimum Gasteiger partial charge on any atom is -0.497 e. The van der Waals surface area contributed by atoms with Crippen LogP contribution < -0.4 is 15.4 Å². The van der Waals surface area contributed by atoms with Crippen molar-refractivity contribution in [3.05, 3.63) is 90.4 Å². The monoisotopic (exact) mass is 387 g/mol. The fourth-order valence-electron chi connectivity index (χ4n) is 3.02. The van der Waals surface area contributed by atoms with E-state index in [1.807, 2.05) is 48.5 Å². The summed E-state index contributed by atoms with van der Waals surface area (Å²) in [5.41, 5.74) is 1.80. The zero-order valence-corrected chi connectivity index (χ0v) is 15.6. The first-order chi connectivity index (χ1) is 14.1. The molecule has 0 aliphatic carbocycles. The molecule has 0 unspecified atom stereocenters. The molecule has 0 saturated carbocycles. The van der Waals surface area contributed by atoms with E-state index < -0.39 is 0 Å². The molecule has 0 radical (unpaired) electrons. The fraction of sp³-hybridized carbons (Fsp3) is 0.0435. The number of ether oxygens (including phenoxy) is 1. The molecule has 0 bridgehead atoms. The summed E-state index contributed by atoms with van der Waals surface area (Å²) in [5, 5.41) is 7.64. The summed E-state index contributed by atoms with van der Waals surface area (Å²) >= 11 is 0. The van der Waals surface area contributed by atoms with Gasteiger partial charge in [-0.05, 0) is 53.9 Å². The number of methoxy groups -OCH3 is 1. The predicted molar refractivity (Wildman–Crippen MR) is 112 cm³/mol. The summed E-state index contributed by atoms with van der Waals surface area (Å²) < 4.78 is 18.3. The van der Waals surface area contributed by atoms with E-state index in [0.717, 1.165) is 22.2 Å². The second-order valence-electron chi connectivity index (χ2n) is 6.38. The maximum Gasteiger partial charge on any atom is 0.257 e. The highest BCUT2D eigenvalue weighted by atomic mass is 19.1. The molecular formula is C23H18FN3O2. The van der Waals surface area contributed by atoms with Gasteiger partial charge in [0, 0.05) is 23.0 Å². The Bertz CT molecular complexity index is 1160. The minimum absolute atomic E-state index is 0.309. The lowest BCUT2D eigenvalue weighted by molar-refractivity contribution is 0.102. The van der Waals surface area contributed by atoms with E-state index in [2.05, 4.69) is 15.6 Å². The van der Waals surface area contributed by atoms with Crippen LogP contribution in [-0.2, 0) is 0 Å². The lowest BCUT2D eigenvalue weighted by Crippen LogP contribution is -2.13. The Labute approximate surface area is 167 Å². The lowest BCUT2D eigenvalue weighted by Gasteiger charge is -2.13. The molecule has 144 valence electrons. The van der Waals surface area contributed by atoms with E-state index in [4.69, 9.17) is 4.74 Å². The second-order valence-corrected chi connectivity index (χ2v) is 6.38. The van der Waals surface area contributed by atoms with Crippen molar-refractivity contribution in [3.63, 3.8) is 0 Å². The average Bonchev–Trinajstić information content (AvgIpc) is 2.76. The van der Waals surface area contributed by atoms with Crippen molar-refractivity contribution >= 4 is 33.9 Å². The topological polar surface area (TPSA) is 63.2 Å². The van der Waals surface area contributed by atoms with Crippen molar-refractivity contribution in [1.29, 1.82) is 0 Å². The maximum absolute atomic E-state index is 13.1. The van der Waals surface area contributed by atoms with Gasteiger partial charge >= 0.3 is 0 Å². The predicted octanol–water partition coefficient (Wildman–Crippen LogP) is 5.38. The number of fused-ring (bicyclic) bond motifs is 1. The van der Waals surface area contributed by atoms with Crippen LogP contribution in [0.5, 0.6) is 5.75 Å². The molecule has 4 rings (SSSR count). The van der Waals surface area contributed by atoms with Crippen molar-refractivity contribution < 1.29 is 13.9 Å². The number of rotatable bonds is 5. The average molecular weight is 387 g/mol. The van der Waals surface area contributed by atoms with Crippen LogP contribution in [0.2, 0.25) is 0 Å². The summed E-state index contributed by atoms with van der Waals surface area (Å²) in [5.74, 6) is 0.741. The summed E-state index contributed by atoms with van der Waals surface area (Å²) in [6, 6.07) is 20.7. The fourth-order valence-corrected chi connectivity index (χ4v) is 3.02. The van der Waals surface area contributed by atoms with Gasteiger partial charge in [0.2, 0.25) is 0 Å². The van der Waals surface area contributed by atoms with Crippen LogP contribution >= 0.6 is 0 Å². The van der Waals surface area contributed by atoms with E-state index in [-0.39, 0.29) is 11.7 Å². The van der Waals surface area contributed by atoms with Crippen molar-refractivity contribution in [2.75, 3.05) is 17.7 Å². The number of amides is 1. The van der Waals surface area contributed by atoms with E-state index in [1.165, 1.54) is 30.5 Å². The van der Waals surface area contributed by atoms with Gasteiger partial charge in [0.05, 0.1) is 12.7 Å². The van der Waals surface area contributed by atoms with E-state index in [0.29, 0.717) is 17.1 Å². The number of hydrogen-bond acceptors (Lipinski definition) is 4. The first-order valence-corrected chi connectivity index (χ1v) is 9.00. The molecule has 1 aromatic heterocycles. The van der Waals surface area contributed by atoms with Crippen LogP contribution in [0, 0.1) is 5.82 Å². The van der Waals surface area contributed by atoms with Crippen molar-refractivity contribution in [2.24, 2.45) is 0 Å². The van der Waals surface area contributed by atoms with Crippen LogP contribution in [0.3, 0.4) is 0 Å². The third-order valence-electron chi connectivity index (χ3n) is 4.49. The molecule has 4 aromatic rings. The van der Waals surface area contributed by atoms with Crippen LogP contribution in [0.15, 0.2) is 79.0 Å². The van der Waals surface area contributed by atoms with Crippen LogP contribution in [-0.4, -0.2) is 18.0 Å². The summed E-state index contributed by atoms with van der Waals surface area (Å²) in [6.45, 7) is 0. The summed E-state index contributed by atoms with van der Waals surface area (Å²) in [4.78, 5) is 17.2. The Morgan fingerprint density at radius 3 is 2.24 bits per heavy atom. The van der Waals surface area contributed by atoms with Crippen molar-refractivity contribution in [2.45, 2.75) is 0 Å². The molecule has 0 spiro atoms. The quantitative estimate of drug-likeness (QED) is 0.483. The zero-order chi connectivity index (χ0) is 20.2. The molecule has 1 amide bonds. The molecule has 0 saturated heterocycles. The Kier molecular flexibility index (Phi) is 5.07. The van der Waals surface area contributed by atoms with Gasteiger partial charge in [0.15, 0.2) is 0 Å². The van der Waals surface area contributed by atoms with Gasteiger partial charge in [-0.2, -0.15) is 0 Å². The number of carbonyl (C=O) groups is 1. The minimum atomic E-state index is -0.357. The van der Waals surface area contributed by atoms with Crippen molar-refractivity contribution in [1.82, 2.24) is 4.98 Å². The smallest absolute Gasteiger partial charge is 0.257 e. The van der Waals surface area contributed by atoms with Crippen molar-refractivity contribution in [3.8, 4) is 5.75 Å². The number of anilines is 3. The van der Waals surface area contributed by atoms with Gasteiger partial charge in [-0.15, -0.1) is 0 Å². The highest BCUT2D eigenvalue weighted by Gasteiger charge is 2.14. The molecule has 0 aliphatic rings. The number of halogens is 1. The van der Waals surface area contributed by atoms with E-state index in [9.17, 15) is 9.18 Å². The zero-order valence-electron chi connectivity index (χ0n) is 15.6. The first kappa shape index (κ1) is 18.4. The molecule has 0 aliphatic heterocycles. The third-order valence-corrected chi connectivity index (χ3v) is 4.49. The molecule has 5 nitrogen and oxygen atoms in total.